The maximum absolute atomic E-state index is 8.84. The molecule has 3 rings (SSSR count). The Bertz CT molecular complexity index is 626. The third kappa shape index (κ3) is 2.71. The van der Waals surface area contributed by atoms with E-state index < -0.39 is 0 Å². The van der Waals surface area contributed by atoms with Crippen LogP contribution in [0.25, 0.3) is 0 Å². The van der Waals surface area contributed by atoms with Gasteiger partial charge in [-0.3, -0.25) is 0 Å². The molecule has 0 N–H and O–H groups in total. The minimum atomic E-state index is 0.596. The van der Waals surface area contributed by atoms with Crippen LogP contribution in [0.2, 0.25) is 0 Å². The average molecular weight is 327 g/mol. The van der Waals surface area contributed by atoms with Crippen molar-refractivity contribution in [3.63, 3.8) is 0 Å². The smallest absolute Gasteiger partial charge is 0.0991 e. The first-order valence-corrected chi connectivity index (χ1v) is 7.56. The van der Waals surface area contributed by atoms with E-state index in [0.29, 0.717) is 5.92 Å². The molecule has 0 amide bonds. The second-order valence-electron chi connectivity index (χ2n) is 5.14. The van der Waals surface area contributed by atoms with Crippen LogP contribution in [-0.2, 0) is 0 Å². The largest absolute Gasteiger partial charge is 0.371 e. The Morgan fingerprint density at radius 1 is 1.05 bits per heavy atom. The van der Waals surface area contributed by atoms with Gasteiger partial charge in [0.1, 0.15) is 0 Å². The van der Waals surface area contributed by atoms with Crippen molar-refractivity contribution in [1.82, 2.24) is 0 Å². The quantitative estimate of drug-likeness (QED) is 0.822. The minimum absolute atomic E-state index is 0.596. The van der Waals surface area contributed by atoms with Gasteiger partial charge in [-0.05, 0) is 48.4 Å². The van der Waals surface area contributed by atoms with E-state index in [4.69, 9.17) is 5.26 Å². The molecule has 1 fully saturated rings. The number of benzene rings is 2. The Morgan fingerprint density at radius 3 is 2.40 bits per heavy atom. The van der Waals surface area contributed by atoms with Crippen molar-refractivity contribution in [1.29, 1.82) is 5.26 Å². The number of halogens is 1. The highest BCUT2D eigenvalue weighted by atomic mass is 79.9. The van der Waals surface area contributed by atoms with Gasteiger partial charge in [0, 0.05) is 29.2 Å². The molecule has 0 aromatic heterocycles. The van der Waals surface area contributed by atoms with Crippen LogP contribution in [0, 0.1) is 11.3 Å². The highest BCUT2D eigenvalue weighted by Gasteiger charge is 2.23. The highest BCUT2D eigenvalue weighted by Crippen LogP contribution is 2.31. The summed E-state index contributed by atoms with van der Waals surface area (Å²) in [4.78, 5) is 2.40. The monoisotopic (exact) mass is 326 g/mol. The third-order valence-corrected chi connectivity index (χ3v) is 4.42. The van der Waals surface area contributed by atoms with Gasteiger partial charge in [-0.15, -0.1) is 0 Å². The van der Waals surface area contributed by atoms with E-state index in [1.54, 1.807) is 0 Å². The zero-order valence-electron chi connectivity index (χ0n) is 11.1. The van der Waals surface area contributed by atoms with E-state index in [1.165, 1.54) is 17.7 Å². The van der Waals surface area contributed by atoms with Crippen molar-refractivity contribution in [3.8, 4) is 6.07 Å². The van der Waals surface area contributed by atoms with E-state index in [0.717, 1.165) is 23.1 Å². The van der Waals surface area contributed by atoms with Crippen LogP contribution in [0.15, 0.2) is 53.0 Å². The van der Waals surface area contributed by atoms with Crippen LogP contribution < -0.4 is 4.90 Å². The average Bonchev–Trinajstić information content (AvgIpc) is 2.98. The first-order chi connectivity index (χ1) is 9.76. The van der Waals surface area contributed by atoms with Gasteiger partial charge >= 0.3 is 0 Å². The maximum atomic E-state index is 8.84. The molecule has 2 aromatic rings. The van der Waals surface area contributed by atoms with Gasteiger partial charge in [-0.25, -0.2) is 0 Å². The molecule has 1 aliphatic heterocycles. The fraction of sp³-hybridized carbons (Fsp3) is 0.235. The Balaban J connectivity index is 1.72. The standard InChI is InChI=1S/C17H15BrN2/c18-16-5-3-14(4-6-16)15-9-10-20(12-15)17-7-1-13(11-19)2-8-17/h1-8,15H,9-10,12H2. The molecule has 100 valence electrons. The molecule has 1 unspecified atom stereocenters. The summed E-state index contributed by atoms with van der Waals surface area (Å²) in [5, 5.41) is 8.84. The number of anilines is 1. The first kappa shape index (κ1) is 13.2. The number of rotatable bonds is 2. The van der Waals surface area contributed by atoms with Crippen LogP contribution in [-0.4, -0.2) is 13.1 Å². The van der Waals surface area contributed by atoms with Crippen molar-refractivity contribution in [2.75, 3.05) is 18.0 Å². The van der Waals surface area contributed by atoms with Crippen molar-refractivity contribution >= 4 is 21.6 Å². The Labute approximate surface area is 127 Å². The molecule has 3 heteroatoms. The molecule has 2 aromatic carbocycles. The molecular formula is C17H15BrN2. The van der Waals surface area contributed by atoms with Gasteiger partial charge in [0.25, 0.3) is 0 Å². The van der Waals surface area contributed by atoms with E-state index in [1.807, 2.05) is 24.3 Å². The van der Waals surface area contributed by atoms with Crippen molar-refractivity contribution in [2.24, 2.45) is 0 Å². The number of hydrogen-bond acceptors (Lipinski definition) is 2. The fourth-order valence-corrected chi connectivity index (χ4v) is 3.01. The molecule has 0 bridgehead atoms. The Hall–Kier alpha value is -1.79. The molecule has 2 nitrogen and oxygen atoms in total. The van der Waals surface area contributed by atoms with Gasteiger partial charge in [-0.1, -0.05) is 28.1 Å². The van der Waals surface area contributed by atoms with Crippen LogP contribution in [0.5, 0.6) is 0 Å². The Morgan fingerprint density at radius 2 is 1.75 bits per heavy atom. The SMILES string of the molecule is N#Cc1ccc(N2CCC(c3ccc(Br)cc3)C2)cc1. The number of nitriles is 1. The molecule has 20 heavy (non-hydrogen) atoms. The molecule has 1 heterocycles. The van der Waals surface area contributed by atoms with Crippen LogP contribution in [0.3, 0.4) is 0 Å². The summed E-state index contributed by atoms with van der Waals surface area (Å²) in [6.45, 7) is 2.13. The zero-order chi connectivity index (χ0) is 13.9. The molecule has 0 spiro atoms. The van der Waals surface area contributed by atoms with E-state index in [2.05, 4.69) is 51.2 Å². The maximum Gasteiger partial charge on any atom is 0.0991 e. The molecule has 1 aliphatic rings. The molecule has 1 atom stereocenters. The second kappa shape index (κ2) is 5.68. The fourth-order valence-electron chi connectivity index (χ4n) is 2.75. The zero-order valence-corrected chi connectivity index (χ0v) is 12.7. The van der Waals surface area contributed by atoms with Crippen molar-refractivity contribution < 1.29 is 0 Å². The van der Waals surface area contributed by atoms with E-state index in [-0.39, 0.29) is 0 Å². The molecule has 0 saturated carbocycles. The van der Waals surface area contributed by atoms with Crippen molar-refractivity contribution in [2.45, 2.75) is 12.3 Å². The van der Waals surface area contributed by atoms with Gasteiger partial charge in [0.15, 0.2) is 0 Å². The van der Waals surface area contributed by atoms with Gasteiger partial charge in [0.05, 0.1) is 11.6 Å². The van der Waals surface area contributed by atoms with Crippen molar-refractivity contribution in [3.05, 3.63) is 64.1 Å². The summed E-state index contributed by atoms with van der Waals surface area (Å²) in [5.74, 6) is 0.596. The van der Waals surface area contributed by atoms with E-state index in [9.17, 15) is 0 Å². The first-order valence-electron chi connectivity index (χ1n) is 6.77. The van der Waals surface area contributed by atoms with Gasteiger partial charge in [0.2, 0.25) is 0 Å². The summed E-state index contributed by atoms with van der Waals surface area (Å²) in [6, 6.07) is 18.7. The number of nitrogens with zero attached hydrogens (tertiary/aromatic N) is 2. The van der Waals surface area contributed by atoms with Gasteiger partial charge in [-0.2, -0.15) is 5.26 Å². The molecule has 0 aliphatic carbocycles. The lowest BCUT2D eigenvalue weighted by Gasteiger charge is -2.19. The normalized spacial score (nSPS) is 18.0. The number of hydrogen-bond donors (Lipinski definition) is 0. The van der Waals surface area contributed by atoms with E-state index >= 15 is 0 Å². The van der Waals surface area contributed by atoms with Crippen LogP contribution >= 0.6 is 15.9 Å². The lowest BCUT2D eigenvalue weighted by molar-refractivity contribution is 0.775. The summed E-state index contributed by atoms with van der Waals surface area (Å²) < 4.78 is 1.13. The topological polar surface area (TPSA) is 27.0 Å². The minimum Gasteiger partial charge on any atom is -0.371 e. The summed E-state index contributed by atoms with van der Waals surface area (Å²) in [7, 11) is 0. The highest BCUT2D eigenvalue weighted by molar-refractivity contribution is 9.10. The van der Waals surface area contributed by atoms with Gasteiger partial charge < -0.3 is 4.90 Å². The molecule has 1 saturated heterocycles. The van der Waals surface area contributed by atoms with Crippen LogP contribution in [0.4, 0.5) is 5.69 Å². The summed E-state index contributed by atoms with van der Waals surface area (Å²) in [5.41, 5.74) is 3.34. The molecule has 0 radical (unpaired) electrons. The summed E-state index contributed by atoms with van der Waals surface area (Å²) >= 11 is 3.48. The predicted octanol–water partition coefficient (Wildman–Crippen LogP) is 4.31. The predicted molar refractivity (Wildman–Crippen MR) is 84.9 cm³/mol. The lowest BCUT2D eigenvalue weighted by atomic mass is 9.99. The lowest BCUT2D eigenvalue weighted by Crippen LogP contribution is -2.18. The second-order valence-corrected chi connectivity index (χ2v) is 6.06. The van der Waals surface area contributed by atoms with Crippen LogP contribution in [0.1, 0.15) is 23.5 Å². The molecular weight excluding hydrogens is 312 g/mol. The summed E-state index contributed by atoms with van der Waals surface area (Å²) in [6.07, 6.45) is 1.18. The third-order valence-electron chi connectivity index (χ3n) is 3.89. The Kier molecular flexibility index (Phi) is 3.75.